The Morgan fingerprint density at radius 1 is 0.778 bits per heavy atom. The standard InChI is InChI=1S/C13H23N3O2/c1-11-14-8-4-2-3-7-12(17)13(18)16-10-6-5-9-15-11/h14-15H,1-10H2,(H,16,18). The van der Waals surface area contributed by atoms with E-state index in [1.165, 1.54) is 0 Å². The molecule has 0 radical (unpaired) electrons. The van der Waals surface area contributed by atoms with Crippen molar-refractivity contribution in [3.8, 4) is 0 Å². The Balaban J connectivity index is 2.35. The van der Waals surface area contributed by atoms with Crippen LogP contribution in [0.1, 0.15) is 38.5 Å². The minimum Gasteiger partial charge on any atom is -0.372 e. The van der Waals surface area contributed by atoms with Crippen LogP contribution in [0.2, 0.25) is 0 Å². The van der Waals surface area contributed by atoms with Crippen LogP contribution in [0.3, 0.4) is 0 Å². The van der Waals surface area contributed by atoms with Gasteiger partial charge in [-0.15, -0.1) is 0 Å². The summed E-state index contributed by atoms with van der Waals surface area (Å²) in [5.41, 5.74) is 0. The van der Waals surface area contributed by atoms with Gasteiger partial charge in [0.25, 0.3) is 5.91 Å². The van der Waals surface area contributed by atoms with Gasteiger partial charge >= 0.3 is 0 Å². The second-order valence-electron chi connectivity index (χ2n) is 4.53. The van der Waals surface area contributed by atoms with Crippen molar-refractivity contribution in [3.63, 3.8) is 0 Å². The Morgan fingerprint density at radius 2 is 1.33 bits per heavy atom. The summed E-state index contributed by atoms with van der Waals surface area (Å²) in [6, 6.07) is 0. The van der Waals surface area contributed by atoms with Gasteiger partial charge in [0.05, 0.1) is 5.82 Å². The zero-order valence-corrected chi connectivity index (χ0v) is 10.9. The van der Waals surface area contributed by atoms with E-state index in [1.54, 1.807) is 0 Å². The largest absolute Gasteiger partial charge is 0.372 e. The maximum absolute atomic E-state index is 11.4. The van der Waals surface area contributed by atoms with E-state index in [0.29, 0.717) is 13.0 Å². The summed E-state index contributed by atoms with van der Waals surface area (Å²) in [6.45, 7) is 6.12. The fraction of sp³-hybridized carbons (Fsp3) is 0.692. The zero-order chi connectivity index (χ0) is 13.2. The van der Waals surface area contributed by atoms with E-state index in [9.17, 15) is 9.59 Å². The summed E-state index contributed by atoms with van der Waals surface area (Å²) in [4.78, 5) is 22.9. The Hall–Kier alpha value is -1.52. The minimum absolute atomic E-state index is 0.291. The molecule has 0 saturated carbocycles. The van der Waals surface area contributed by atoms with Crippen LogP contribution < -0.4 is 16.0 Å². The summed E-state index contributed by atoms with van der Waals surface area (Å²) in [5.74, 6) is 0.130. The average molecular weight is 253 g/mol. The van der Waals surface area contributed by atoms with Crippen molar-refractivity contribution in [2.24, 2.45) is 0 Å². The number of carbonyl (C=O) groups excluding carboxylic acids is 2. The molecule has 1 rings (SSSR count). The van der Waals surface area contributed by atoms with Crippen LogP contribution in [0.5, 0.6) is 0 Å². The number of carbonyl (C=O) groups is 2. The second-order valence-corrected chi connectivity index (χ2v) is 4.53. The molecule has 0 aromatic carbocycles. The monoisotopic (exact) mass is 253 g/mol. The third kappa shape index (κ3) is 6.27. The Kier molecular flexibility index (Phi) is 6.91. The van der Waals surface area contributed by atoms with Crippen LogP contribution in [-0.4, -0.2) is 31.3 Å². The summed E-state index contributed by atoms with van der Waals surface area (Å²) in [6.07, 6.45) is 4.85. The predicted molar refractivity (Wildman–Crippen MR) is 70.9 cm³/mol. The number of rotatable bonds is 0. The highest BCUT2D eigenvalue weighted by Gasteiger charge is 2.12. The van der Waals surface area contributed by atoms with Gasteiger partial charge in [0.1, 0.15) is 0 Å². The van der Waals surface area contributed by atoms with Crippen molar-refractivity contribution in [3.05, 3.63) is 12.4 Å². The van der Waals surface area contributed by atoms with Gasteiger partial charge in [0, 0.05) is 26.1 Å². The molecule has 0 spiro atoms. The van der Waals surface area contributed by atoms with Crippen LogP contribution in [0.25, 0.3) is 0 Å². The van der Waals surface area contributed by atoms with E-state index in [2.05, 4.69) is 22.5 Å². The summed E-state index contributed by atoms with van der Waals surface area (Å²) >= 11 is 0. The normalized spacial score (nSPS) is 21.0. The van der Waals surface area contributed by atoms with Crippen molar-refractivity contribution in [1.29, 1.82) is 0 Å². The fourth-order valence-corrected chi connectivity index (χ4v) is 1.79. The predicted octanol–water partition coefficient (Wildman–Crippen LogP) is 0.676. The molecule has 0 atom stereocenters. The average Bonchev–Trinajstić information content (AvgIpc) is 2.36. The molecule has 0 unspecified atom stereocenters. The molecule has 1 saturated heterocycles. The lowest BCUT2D eigenvalue weighted by Crippen LogP contribution is -2.32. The number of hydrogen-bond donors (Lipinski definition) is 3. The molecule has 3 N–H and O–H groups in total. The van der Waals surface area contributed by atoms with Gasteiger partial charge in [-0.2, -0.15) is 0 Å². The highest BCUT2D eigenvalue weighted by atomic mass is 16.2. The van der Waals surface area contributed by atoms with Gasteiger partial charge in [-0.25, -0.2) is 0 Å². The molecular formula is C13H23N3O2. The quantitative estimate of drug-likeness (QED) is 0.555. The lowest BCUT2D eigenvalue weighted by Gasteiger charge is -2.11. The smallest absolute Gasteiger partial charge is 0.287 e. The van der Waals surface area contributed by atoms with Crippen molar-refractivity contribution >= 4 is 11.7 Å². The molecule has 0 aliphatic carbocycles. The first kappa shape index (κ1) is 14.5. The first-order chi connectivity index (χ1) is 8.70. The van der Waals surface area contributed by atoms with E-state index < -0.39 is 5.91 Å². The first-order valence-corrected chi connectivity index (χ1v) is 6.68. The number of ketones is 1. The Bertz CT molecular complexity index is 275. The molecule has 18 heavy (non-hydrogen) atoms. The summed E-state index contributed by atoms with van der Waals surface area (Å²) in [7, 11) is 0. The van der Waals surface area contributed by atoms with Crippen molar-refractivity contribution in [2.45, 2.75) is 38.5 Å². The van der Waals surface area contributed by atoms with Crippen LogP contribution in [0.15, 0.2) is 12.4 Å². The van der Waals surface area contributed by atoms with E-state index in [4.69, 9.17) is 0 Å². The number of hydrogen-bond acceptors (Lipinski definition) is 4. The molecule has 1 amide bonds. The number of nitrogens with one attached hydrogen (secondary N) is 3. The van der Waals surface area contributed by atoms with Crippen molar-refractivity contribution < 1.29 is 9.59 Å². The molecule has 5 nitrogen and oxygen atoms in total. The van der Waals surface area contributed by atoms with E-state index in [1.807, 2.05) is 0 Å². The maximum Gasteiger partial charge on any atom is 0.287 e. The lowest BCUT2D eigenvalue weighted by molar-refractivity contribution is -0.138. The lowest BCUT2D eigenvalue weighted by atomic mass is 10.1. The highest BCUT2D eigenvalue weighted by molar-refractivity contribution is 6.36. The van der Waals surface area contributed by atoms with Gasteiger partial charge in [0.15, 0.2) is 0 Å². The van der Waals surface area contributed by atoms with Gasteiger partial charge in [-0.1, -0.05) is 13.0 Å². The number of Topliss-reactive ketones (excluding diaryl/α,β-unsaturated/α-hetero) is 1. The SMILES string of the molecule is C=C1NCCCCCC(=O)C(=O)NCCCCN1. The molecule has 1 heterocycles. The Morgan fingerprint density at radius 3 is 2.00 bits per heavy atom. The highest BCUT2D eigenvalue weighted by Crippen LogP contribution is 2.01. The minimum atomic E-state index is -0.430. The van der Waals surface area contributed by atoms with Gasteiger partial charge in [0.2, 0.25) is 5.78 Å². The second kappa shape index (κ2) is 8.55. The van der Waals surface area contributed by atoms with Gasteiger partial charge in [-0.3, -0.25) is 9.59 Å². The summed E-state index contributed by atoms with van der Waals surface area (Å²) < 4.78 is 0. The van der Waals surface area contributed by atoms with Crippen LogP contribution >= 0.6 is 0 Å². The van der Waals surface area contributed by atoms with E-state index in [-0.39, 0.29) is 5.78 Å². The van der Waals surface area contributed by atoms with Crippen molar-refractivity contribution in [2.75, 3.05) is 19.6 Å². The third-order valence-corrected chi connectivity index (χ3v) is 2.90. The van der Waals surface area contributed by atoms with Crippen molar-refractivity contribution in [1.82, 2.24) is 16.0 Å². The molecule has 1 fully saturated rings. The first-order valence-electron chi connectivity index (χ1n) is 6.68. The van der Waals surface area contributed by atoms with Crippen LogP contribution in [-0.2, 0) is 9.59 Å². The molecule has 0 aromatic heterocycles. The maximum atomic E-state index is 11.4. The fourth-order valence-electron chi connectivity index (χ4n) is 1.79. The van der Waals surface area contributed by atoms with Gasteiger partial charge < -0.3 is 16.0 Å². The van der Waals surface area contributed by atoms with Crippen LogP contribution in [0.4, 0.5) is 0 Å². The number of amides is 1. The summed E-state index contributed by atoms with van der Waals surface area (Å²) in [5, 5.41) is 9.04. The molecule has 1 aliphatic heterocycles. The zero-order valence-electron chi connectivity index (χ0n) is 10.9. The molecule has 102 valence electrons. The molecule has 1 aliphatic rings. The van der Waals surface area contributed by atoms with Gasteiger partial charge in [-0.05, 0) is 25.7 Å². The topological polar surface area (TPSA) is 70.2 Å². The molecular weight excluding hydrogens is 230 g/mol. The molecule has 5 heteroatoms. The molecule has 0 bridgehead atoms. The van der Waals surface area contributed by atoms with Crippen LogP contribution in [0, 0.1) is 0 Å². The molecule has 0 aromatic rings. The Labute approximate surface area is 108 Å². The third-order valence-electron chi connectivity index (χ3n) is 2.90. The van der Waals surface area contributed by atoms with E-state index >= 15 is 0 Å². The van der Waals surface area contributed by atoms with E-state index in [0.717, 1.165) is 51.0 Å².